The standard InChI is InChI=1S/C15H16IN5O2/c16-12-8-20-4-5-23-11-6-13(18-7-9(11)15(20)19-12)21-3-1-2-10(21)14(17)22/h6-8,10H,1-5H2,(H2,17,22)/t10-/m0/s1. The van der Waals surface area contributed by atoms with Crippen LogP contribution in [0.15, 0.2) is 18.5 Å². The zero-order chi connectivity index (χ0) is 16.0. The first kappa shape index (κ1) is 14.7. The molecule has 2 N–H and O–H groups in total. The molecule has 4 heterocycles. The van der Waals surface area contributed by atoms with Gasteiger partial charge in [0.15, 0.2) is 0 Å². The minimum atomic E-state index is -0.301. The normalized spacial score (nSPS) is 19.7. The van der Waals surface area contributed by atoms with E-state index < -0.39 is 0 Å². The maximum Gasteiger partial charge on any atom is 0.240 e. The highest BCUT2D eigenvalue weighted by atomic mass is 127. The van der Waals surface area contributed by atoms with Crippen LogP contribution in [-0.4, -0.2) is 39.6 Å². The Labute approximate surface area is 147 Å². The molecule has 1 saturated heterocycles. The van der Waals surface area contributed by atoms with Crippen molar-refractivity contribution in [3.8, 4) is 17.1 Å². The van der Waals surface area contributed by atoms with Crippen molar-refractivity contribution in [1.82, 2.24) is 14.5 Å². The van der Waals surface area contributed by atoms with Crippen LogP contribution in [0.25, 0.3) is 11.4 Å². The molecule has 7 nitrogen and oxygen atoms in total. The van der Waals surface area contributed by atoms with E-state index in [-0.39, 0.29) is 11.9 Å². The lowest BCUT2D eigenvalue weighted by Crippen LogP contribution is -2.40. The van der Waals surface area contributed by atoms with Crippen LogP contribution in [0.3, 0.4) is 0 Å². The van der Waals surface area contributed by atoms with Crippen LogP contribution in [0.1, 0.15) is 12.8 Å². The molecule has 0 bridgehead atoms. The highest BCUT2D eigenvalue weighted by Gasteiger charge is 2.31. The molecule has 4 rings (SSSR count). The summed E-state index contributed by atoms with van der Waals surface area (Å²) in [5, 5.41) is 0. The quantitative estimate of drug-likeness (QED) is 0.736. The first-order chi connectivity index (χ1) is 11.1. The van der Waals surface area contributed by atoms with Gasteiger partial charge >= 0.3 is 0 Å². The van der Waals surface area contributed by atoms with Crippen molar-refractivity contribution in [3.63, 3.8) is 0 Å². The van der Waals surface area contributed by atoms with E-state index in [4.69, 9.17) is 10.5 Å². The van der Waals surface area contributed by atoms with Crippen molar-refractivity contribution in [2.24, 2.45) is 5.73 Å². The van der Waals surface area contributed by atoms with Crippen LogP contribution in [0.2, 0.25) is 0 Å². The first-order valence-electron chi connectivity index (χ1n) is 7.55. The van der Waals surface area contributed by atoms with Gasteiger partial charge in [0.05, 0.1) is 12.1 Å². The molecule has 1 atom stereocenters. The molecule has 2 aliphatic rings. The summed E-state index contributed by atoms with van der Waals surface area (Å²) in [5.74, 6) is 2.06. The van der Waals surface area contributed by atoms with Crippen molar-refractivity contribution in [1.29, 1.82) is 0 Å². The minimum absolute atomic E-state index is 0.283. The molecular formula is C15H16IN5O2. The number of anilines is 1. The van der Waals surface area contributed by atoms with Crippen LogP contribution in [0, 0.1) is 3.70 Å². The number of carbonyl (C=O) groups excluding carboxylic acids is 1. The van der Waals surface area contributed by atoms with E-state index >= 15 is 0 Å². The van der Waals surface area contributed by atoms with Crippen LogP contribution in [0.5, 0.6) is 5.75 Å². The Balaban J connectivity index is 1.75. The predicted octanol–water partition coefficient (Wildman–Crippen LogP) is 1.40. The van der Waals surface area contributed by atoms with E-state index in [0.717, 1.165) is 52.6 Å². The Hall–Kier alpha value is -1.84. The molecule has 0 spiro atoms. The molecule has 1 amide bonds. The summed E-state index contributed by atoms with van der Waals surface area (Å²) in [6.07, 6.45) is 5.50. The molecule has 1 fully saturated rings. The second-order valence-electron chi connectivity index (χ2n) is 5.72. The van der Waals surface area contributed by atoms with Gasteiger partial charge in [0.1, 0.15) is 33.7 Å². The zero-order valence-electron chi connectivity index (χ0n) is 12.4. The van der Waals surface area contributed by atoms with Gasteiger partial charge in [-0.05, 0) is 35.4 Å². The Kier molecular flexibility index (Phi) is 3.63. The summed E-state index contributed by atoms with van der Waals surface area (Å²) in [6.45, 7) is 2.12. The predicted molar refractivity (Wildman–Crippen MR) is 93.2 cm³/mol. The monoisotopic (exact) mass is 425 g/mol. The second kappa shape index (κ2) is 5.66. The number of halogens is 1. The molecule has 2 aromatic heterocycles. The molecule has 120 valence electrons. The SMILES string of the molecule is NC(=O)[C@@H]1CCCN1c1cc2c(cn1)-c1nc(I)cn1CCO2. The number of primary amides is 1. The van der Waals surface area contributed by atoms with E-state index in [9.17, 15) is 4.79 Å². The van der Waals surface area contributed by atoms with E-state index in [2.05, 4.69) is 37.1 Å². The Morgan fingerprint density at radius 2 is 2.30 bits per heavy atom. The van der Waals surface area contributed by atoms with Gasteiger partial charge in [-0.1, -0.05) is 0 Å². The van der Waals surface area contributed by atoms with Gasteiger partial charge < -0.3 is 19.9 Å². The lowest BCUT2D eigenvalue weighted by Gasteiger charge is -2.23. The van der Waals surface area contributed by atoms with Crippen LogP contribution >= 0.6 is 22.6 Å². The first-order valence-corrected chi connectivity index (χ1v) is 8.63. The Bertz CT molecular complexity index is 775. The highest BCUT2D eigenvalue weighted by molar-refractivity contribution is 14.1. The van der Waals surface area contributed by atoms with E-state index in [1.165, 1.54) is 0 Å². The van der Waals surface area contributed by atoms with Gasteiger partial charge in [0.25, 0.3) is 0 Å². The van der Waals surface area contributed by atoms with Crippen molar-refractivity contribution < 1.29 is 9.53 Å². The van der Waals surface area contributed by atoms with Crippen molar-refractivity contribution >= 4 is 34.3 Å². The van der Waals surface area contributed by atoms with Gasteiger partial charge in [-0.3, -0.25) is 4.79 Å². The summed E-state index contributed by atoms with van der Waals surface area (Å²) < 4.78 is 8.91. The largest absolute Gasteiger partial charge is 0.491 e. The number of hydrogen-bond acceptors (Lipinski definition) is 5. The number of pyridine rings is 1. The molecule has 0 aromatic carbocycles. The van der Waals surface area contributed by atoms with Gasteiger partial charge in [-0.2, -0.15) is 0 Å². The molecule has 0 saturated carbocycles. The number of rotatable bonds is 2. The number of amides is 1. The number of nitrogens with zero attached hydrogens (tertiary/aromatic N) is 4. The molecule has 23 heavy (non-hydrogen) atoms. The number of nitrogens with two attached hydrogens (primary N) is 1. The summed E-state index contributed by atoms with van der Waals surface area (Å²) >= 11 is 2.21. The average molecular weight is 425 g/mol. The number of carbonyl (C=O) groups is 1. The number of ether oxygens (including phenoxy) is 1. The highest BCUT2D eigenvalue weighted by Crippen LogP contribution is 2.35. The van der Waals surface area contributed by atoms with Gasteiger partial charge in [0, 0.05) is 25.0 Å². The van der Waals surface area contributed by atoms with Crippen molar-refractivity contribution in [3.05, 3.63) is 22.2 Å². The lowest BCUT2D eigenvalue weighted by molar-refractivity contribution is -0.119. The van der Waals surface area contributed by atoms with E-state index in [1.54, 1.807) is 6.20 Å². The molecular weight excluding hydrogens is 409 g/mol. The lowest BCUT2D eigenvalue weighted by atomic mass is 10.2. The van der Waals surface area contributed by atoms with Gasteiger partial charge in [-0.25, -0.2) is 9.97 Å². The van der Waals surface area contributed by atoms with Crippen molar-refractivity contribution in [2.45, 2.75) is 25.4 Å². The fraction of sp³-hybridized carbons (Fsp3) is 0.400. The van der Waals surface area contributed by atoms with Crippen LogP contribution in [0.4, 0.5) is 5.82 Å². The third-order valence-electron chi connectivity index (χ3n) is 4.30. The number of aromatic nitrogens is 3. The molecule has 0 unspecified atom stereocenters. The minimum Gasteiger partial charge on any atom is -0.491 e. The van der Waals surface area contributed by atoms with Crippen molar-refractivity contribution in [2.75, 3.05) is 18.1 Å². The summed E-state index contributed by atoms with van der Waals surface area (Å²) in [5.41, 5.74) is 6.38. The molecule has 0 radical (unpaired) electrons. The third-order valence-corrected chi connectivity index (χ3v) is 4.82. The molecule has 8 heteroatoms. The zero-order valence-corrected chi connectivity index (χ0v) is 14.6. The third kappa shape index (κ3) is 2.54. The number of fused-ring (bicyclic) bond motifs is 3. The topological polar surface area (TPSA) is 86.3 Å². The Morgan fingerprint density at radius 3 is 3.13 bits per heavy atom. The molecule has 2 aliphatic heterocycles. The van der Waals surface area contributed by atoms with Crippen LogP contribution in [-0.2, 0) is 11.3 Å². The summed E-state index contributed by atoms with van der Waals surface area (Å²) in [4.78, 5) is 22.7. The summed E-state index contributed by atoms with van der Waals surface area (Å²) in [6, 6.07) is 1.61. The summed E-state index contributed by atoms with van der Waals surface area (Å²) in [7, 11) is 0. The van der Waals surface area contributed by atoms with E-state index in [0.29, 0.717) is 6.61 Å². The average Bonchev–Trinajstić information content (AvgIpc) is 3.11. The molecule has 2 aromatic rings. The van der Waals surface area contributed by atoms with E-state index in [1.807, 2.05) is 17.2 Å². The maximum absolute atomic E-state index is 11.6. The van der Waals surface area contributed by atoms with Crippen LogP contribution < -0.4 is 15.4 Å². The van der Waals surface area contributed by atoms with Gasteiger partial charge in [0.2, 0.25) is 5.91 Å². The second-order valence-corrected chi connectivity index (χ2v) is 6.83. The fourth-order valence-corrected chi connectivity index (χ4v) is 3.80. The van der Waals surface area contributed by atoms with Gasteiger partial charge in [-0.15, -0.1) is 0 Å². The molecule has 0 aliphatic carbocycles. The Morgan fingerprint density at radius 1 is 1.43 bits per heavy atom. The number of imidazole rings is 1. The number of hydrogen-bond donors (Lipinski definition) is 1. The maximum atomic E-state index is 11.6. The fourth-order valence-electron chi connectivity index (χ4n) is 3.23. The smallest absolute Gasteiger partial charge is 0.240 e.